The molecule has 8 nitrogen and oxygen atoms in total. The average molecular weight is 374 g/mol. The third kappa shape index (κ3) is 5.60. The molecule has 0 saturated heterocycles. The molecule has 27 heavy (non-hydrogen) atoms. The number of aromatic nitrogens is 2. The summed E-state index contributed by atoms with van der Waals surface area (Å²) in [6.07, 6.45) is 2.30. The number of rotatable bonds is 8. The van der Waals surface area contributed by atoms with Gasteiger partial charge >= 0.3 is 0 Å². The van der Waals surface area contributed by atoms with Crippen molar-refractivity contribution < 1.29 is 9.21 Å². The first-order chi connectivity index (χ1) is 12.9. The number of carbonyl (C=O) groups excluding carboxylic acids is 1. The number of carbonyl (C=O) groups is 1. The number of hydrogen-bond acceptors (Lipinski definition) is 4. The van der Waals surface area contributed by atoms with Crippen LogP contribution in [0.2, 0.25) is 0 Å². The molecule has 0 radical (unpaired) electrons. The monoisotopic (exact) mass is 374 g/mol. The molecule has 8 heteroatoms. The molecule has 2 rings (SSSR count). The lowest BCUT2D eigenvalue weighted by atomic mass is 10.2. The summed E-state index contributed by atoms with van der Waals surface area (Å²) >= 11 is 0. The number of amides is 1. The largest absolute Gasteiger partial charge is 0.459 e. The van der Waals surface area contributed by atoms with Gasteiger partial charge in [-0.1, -0.05) is 0 Å². The Balaban J connectivity index is 1.78. The number of aliphatic imine (C=N–C) groups is 1. The third-order valence-electron chi connectivity index (χ3n) is 4.40. The van der Waals surface area contributed by atoms with Crippen LogP contribution >= 0.6 is 0 Å². The summed E-state index contributed by atoms with van der Waals surface area (Å²) in [5, 5.41) is 13.8. The van der Waals surface area contributed by atoms with E-state index < -0.39 is 0 Å². The maximum Gasteiger partial charge on any atom is 0.287 e. The standard InChI is InChI=1S/C19H30N6O2/c1-6-20-19(23-12-16-14(3)24-25(5)15(16)4)22-10-7-9-21-18(26)17-13(2)8-11-27-17/h8,11H,6-7,9-10,12H2,1-5H3,(H,21,26)(H2,20,22,23). The van der Waals surface area contributed by atoms with Crippen LogP contribution < -0.4 is 16.0 Å². The van der Waals surface area contributed by atoms with Gasteiger partial charge in [-0.15, -0.1) is 0 Å². The minimum Gasteiger partial charge on any atom is -0.459 e. The SMILES string of the molecule is CCNC(=NCc1c(C)nn(C)c1C)NCCCNC(=O)c1occc1C. The van der Waals surface area contributed by atoms with Crippen LogP contribution in [0.3, 0.4) is 0 Å². The Hall–Kier alpha value is -2.77. The van der Waals surface area contributed by atoms with Gasteiger partial charge in [-0.2, -0.15) is 5.10 Å². The van der Waals surface area contributed by atoms with Gasteiger partial charge in [0.05, 0.1) is 18.5 Å². The van der Waals surface area contributed by atoms with Gasteiger partial charge in [0.15, 0.2) is 11.7 Å². The van der Waals surface area contributed by atoms with E-state index in [1.165, 1.54) is 6.26 Å². The molecule has 0 unspecified atom stereocenters. The first-order valence-electron chi connectivity index (χ1n) is 9.27. The summed E-state index contributed by atoms with van der Waals surface area (Å²) in [5.74, 6) is 0.953. The van der Waals surface area contributed by atoms with Crippen LogP contribution in [0.15, 0.2) is 21.7 Å². The molecule has 2 aromatic heterocycles. The molecule has 0 atom stereocenters. The summed E-state index contributed by atoms with van der Waals surface area (Å²) in [5.41, 5.74) is 4.12. The van der Waals surface area contributed by atoms with Gasteiger partial charge in [0.25, 0.3) is 5.91 Å². The summed E-state index contributed by atoms with van der Waals surface area (Å²) in [6.45, 7) is 10.6. The van der Waals surface area contributed by atoms with E-state index in [0.717, 1.165) is 41.4 Å². The van der Waals surface area contributed by atoms with Crippen LogP contribution in [0.4, 0.5) is 0 Å². The lowest BCUT2D eigenvalue weighted by Crippen LogP contribution is -2.38. The summed E-state index contributed by atoms with van der Waals surface area (Å²) in [4.78, 5) is 16.6. The third-order valence-corrected chi connectivity index (χ3v) is 4.40. The van der Waals surface area contributed by atoms with E-state index in [0.29, 0.717) is 25.4 Å². The smallest absolute Gasteiger partial charge is 0.287 e. The Labute approximate surface area is 160 Å². The van der Waals surface area contributed by atoms with Crippen molar-refractivity contribution in [2.24, 2.45) is 12.0 Å². The molecule has 0 aromatic carbocycles. The normalized spacial score (nSPS) is 11.5. The zero-order valence-electron chi connectivity index (χ0n) is 16.8. The van der Waals surface area contributed by atoms with Crippen LogP contribution in [0.5, 0.6) is 0 Å². The molecule has 3 N–H and O–H groups in total. The van der Waals surface area contributed by atoms with Crippen molar-refractivity contribution in [3.05, 3.63) is 40.6 Å². The second-order valence-corrected chi connectivity index (χ2v) is 6.44. The zero-order chi connectivity index (χ0) is 19.8. The van der Waals surface area contributed by atoms with Crippen LogP contribution in [-0.2, 0) is 13.6 Å². The fourth-order valence-electron chi connectivity index (χ4n) is 2.73. The minimum absolute atomic E-state index is 0.180. The Morgan fingerprint density at radius 1 is 1.22 bits per heavy atom. The number of hydrogen-bond donors (Lipinski definition) is 3. The summed E-state index contributed by atoms with van der Waals surface area (Å²) in [7, 11) is 1.94. The molecular formula is C19H30N6O2. The van der Waals surface area contributed by atoms with E-state index in [4.69, 9.17) is 4.42 Å². The van der Waals surface area contributed by atoms with Gasteiger partial charge in [-0.05, 0) is 40.2 Å². The predicted molar refractivity (Wildman–Crippen MR) is 106 cm³/mol. The van der Waals surface area contributed by atoms with Crippen LogP contribution in [0.1, 0.15) is 46.4 Å². The van der Waals surface area contributed by atoms with Gasteiger partial charge in [0.2, 0.25) is 0 Å². The van der Waals surface area contributed by atoms with E-state index in [1.54, 1.807) is 6.07 Å². The van der Waals surface area contributed by atoms with Crippen molar-refractivity contribution in [1.29, 1.82) is 0 Å². The van der Waals surface area contributed by atoms with Crippen molar-refractivity contribution in [3.8, 4) is 0 Å². The average Bonchev–Trinajstić information content (AvgIpc) is 3.16. The number of nitrogens with one attached hydrogen (secondary N) is 3. The molecule has 0 aliphatic heterocycles. The maximum atomic E-state index is 12.0. The minimum atomic E-state index is -0.180. The fraction of sp³-hybridized carbons (Fsp3) is 0.526. The summed E-state index contributed by atoms with van der Waals surface area (Å²) in [6, 6.07) is 1.78. The molecule has 0 saturated carbocycles. The zero-order valence-corrected chi connectivity index (χ0v) is 16.8. The van der Waals surface area contributed by atoms with E-state index in [2.05, 4.69) is 33.0 Å². The van der Waals surface area contributed by atoms with Gasteiger partial charge in [-0.3, -0.25) is 9.48 Å². The van der Waals surface area contributed by atoms with Crippen molar-refractivity contribution >= 4 is 11.9 Å². The first kappa shape index (κ1) is 20.5. The van der Waals surface area contributed by atoms with E-state index in [9.17, 15) is 4.79 Å². The van der Waals surface area contributed by atoms with Gasteiger partial charge in [0, 0.05) is 43.5 Å². The van der Waals surface area contributed by atoms with E-state index in [1.807, 2.05) is 32.5 Å². The number of aryl methyl sites for hydroxylation is 3. The lowest BCUT2D eigenvalue weighted by molar-refractivity contribution is 0.0925. The van der Waals surface area contributed by atoms with Crippen molar-refractivity contribution in [3.63, 3.8) is 0 Å². The topological polar surface area (TPSA) is 96.5 Å². The number of furan rings is 1. The quantitative estimate of drug-likeness (QED) is 0.372. The van der Waals surface area contributed by atoms with Crippen molar-refractivity contribution in [1.82, 2.24) is 25.7 Å². The van der Waals surface area contributed by atoms with Gasteiger partial charge < -0.3 is 20.4 Å². The molecular weight excluding hydrogens is 344 g/mol. The Bertz CT molecular complexity index is 790. The molecule has 0 aliphatic carbocycles. The second kappa shape index (κ2) is 9.80. The Kier molecular flexibility index (Phi) is 7.45. The van der Waals surface area contributed by atoms with E-state index in [-0.39, 0.29) is 5.91 Å². The van der Waals surface area contributed by atoms with Crippen LogP contribution in [0, 0.1) is 20.8 Å². The number of nitrogens with zero attached hydrogens (tertiary/aromatic N) is 3. The van der Waals surface area contributed by atoms with Crippen LogP contribution in [0.25, 0.3) is 0 Å². The van der Waals surface area contributed by atoms with E-state index >= 15 is 0 Å². The maximum absolute atomic E-state index is 12.0. The molecule has 1 amide bonds. The predicted octanol–water partition coefficient (Wildman–Crippen LogP) is 1.81. The molecule has 0 bridgehead atoms. The highest BCUT2D eigenvalue weighted by atomic mass is 16.3. The van der Waals surface area contributed by atoms with Gasteiger partial charge in [-0.25, -0.2) is 4.99 Å². The highest BCUT2D eigenvalue weighted by molar-refractivity contribution is 5.92. The van der Waals surface area contributed by atoms with Crippen LogP contribution in [-0.4, -0.2) is 41.3 Å². The molecule has 0 fully saturated rings. The van der Waals surface area contributed by atoms with Crippen molar-refractivity contribution in [2.45, 2.75) is 40.7 Å². The van der Waals surface area contributed by atoms with Gasteiger partial charge in [0.1, 0.15) is 0 Å². The highest BCUT2D eigenvalue weighted by Gasteiger charge is 2.11. The Morgan fingerprint density at radius 2 is 1.96 bits per heavy atom. The second-order valence-electron chi connectivity index (χ2n) is 6.44. The first-order valence-corrected chi connectivity index (χ1v) is 9.27. The Morgan fingerprint density at radius 3 is 2.56 bits per heavy atom. The van der Waals surface area contributed by atoms with Crippen molar-refractivity contribution in [2.75, 3.05) is 19.6 Å². The number of guanidine groups is 1. The molecule has 2 heterocycles. The molecule has 148 valence electrons. The summed E-state index contributed by atoms with van der Waals surface area (Å²) < 4.78 is 7.06. The fourth-order valence-corrected chi connectivity index (χ4v) is 2.73. The lowest BCUT2D eigenvalue weighted by Gasteiger charge is -2.11. The molecule has 0 aliphatic rings. The molecule has 2 aromatic rings. The highest BCUT2D eigenvalue weighted by Crippen LogP contribution is 2.12. The molecule has 0 spiro atoms.